The molecule has 9 aromatic rings. The van der Waals surface area contributed by atoms with Crippen molar-refractivity contribution in [3.8, 4) is 27.9 Å². The van der Waals surface area contributed by atoms with Crippen molar-refractivity contribution in [1.29, 1.82) is 0 Å². The fraction of sp³-hybridized carbons (Fsp3) is 0.0476. The summed E-state index contributed by atoms with van der Waals surface area (Å²) in [6.07, 6.45) is 0. The molecule has 0 amide bonds. The standard InChI is InChI=1S/C42H29N/c1-26-11-13-28(14-12-26)33-21-17-30-18-22-37-38(25-27(2)32-23-24-36(33)41(30)42(32)37)29-15-19-31(20-16-29)43-39-9-5-3-7-34(39)35-8-4-6-10-40(35)43/h3-25H,1-2H3. The van der Waals surface area contributed by atoms with Crippen molar-refractivity contribution in [3.05, 3.63) is 151 Å². The van der Waals surface area contributed by atoms with E-state index in [2.05, 4.69) is 158 Å². The minimum absolute atomic E-state index is 1.18. The Kier molecular flexibility index (Phi) is 5.10. The number of aromatic nitrogens is 1. The average Bonchev–Trinajstić information content (AvgIpc) is 3.39. The van der Waals surface area contributed by atoms with Gasteiger partial charge < -0.3 is 4.57 Å². The van der Waals surface area contributed by atoms with Crippen molar-refractivity contribution in [2.75, 3.05) is 0 Å². The largest absolute Gasteiger partial charge is 0.309 e. The van der Waals surface area contributed by atoms with Crippen LogP contribution in [-0.2, 0) is 0 Å². The molecule has 0 spiro atoms. The van der Waals surface area contributed by atoms with Gasteiger partial charge in [0.1, 0.15) is 0 Å². The van der Waals surface area contributed by atoms with Crippen molar-refractivity contribution in [2.45, 2.75) is 13.8 Å². The summed E-state index contributed by atoms with van der Waals surface area (Å²) in [6, 6.07) is 51.7. The second-order valence-corrected chi connectivity index (χ2v) is 11.9. The van der Waals surface area contributed by atoms with Crippen LogP contribution >= 0.6 is 0 Å². The quantitative estimate of drug-likeness (QED) is 0.194. The van der Waals surface area contributed by atoms with E-state index in [0.717, 1.165) is 0 Å². The van der Waals surface area contributed by atoms with Crippen LogP contribution in [0.2, 0.25) is 0 Å². The first kappa shape index (κ1) is 24.2. The van der Waals surface area contributed by atoms with Gasteiger partial charge in [0.05, 0.1) is 11.0 Å². The molecule has 0 radical (unpaired) electrons. The molecule has 0 fully saturated rings. The second-order valence-electron chi connectivity index (χ2n) is 11.9. The van der Waals surface area contributed by atoms with Crippen LogP contribution in [0.3, 0.4) is 0 Å². The van der Waals surface area contributed by atoms with Crippen LogP contribution in [0.15, 0.2) is 140 Å². The van der Waals surface area contributed by atoms with Gasteiger partial charge in [0.25, 0.3) is 0 Å². The molecule has 0 N–H and O–H groups in total. The zero-order valence-corrected chi connectivity index (χ0v) is 24.2. The zero-order valence-electron chi connectivity index (χ0n) is 24.2. The summed E-state index contributed by atoms with van der Waals surface area (Å²) in [4.78, 5) is 0. The summed E-state index contributed by atoms with van der Waals surface area (Å²) in [5.41, 5.74) is 11.3. The van der Waals surface area contributed by atoms with Gasteiger partial charge >= 0.3 is 0 Å². The maximum absolute atomic E-state index is 2.39. The van der Waals surface area contributed by atoms with Crippen molar-refractivity contribution in [1.82, 2.24) is 4.57 Å². The van der Waals surface area contributed by atoms with Crippen LogP contribution in [0, 0.1) is 13.8 Å². The lowest BCUT2D eigenvalue weighted by molar-refractivity contribution is 1.18. The van der Waals surface area contributed by atoms with E-state index in [9.17, 15) is 0 Å². The van der Waals surface area contributed by atoms with Crippen molar-refractivity contribution < 1.29 is 0 Å². The molecular formula is C42H29N. The summed E-state index contributed by atoms with van der Waals surface area (Å²) < 4.78 is 2.39. The number of aryl methyl sites for hydroxylation is 2. The Morgan fingerprint density at radius 2 is 0.977 bits per heavy atom. The number of fused-ring (bicyclic) bond motifs is 3. The number of rotatable bonds is 3. The van der Waals surface area contributed by atoms with E-state index in [1.807, 2.05) is 0 Å². The lowest BCUT2D eigenvalue weighted by Gasteiger charge is -2.18. The molecular weight excluding hydrogens is 518 g/mol. The van der Waals surface area contributed by atoms with Crippen LogP contribution in [0.4, 0.5) is 0 Å². The predicted octanol–water partition coefficient (Wildman–Crippen LogP) is 11.6. The lowest BCUT2D eigenvalue weighted by Crippen LogP contribution is -1.94. The van der Waals surface area contributed by atoms with E-state index >= 15 is 0 Å². The summed E-state index contributed by atoms with van der Waals surface area (Å²) in [7, 11) is 0. The van der Waals surface area contributed by atoms with Gasteiger partial charge in [-0.15, -0.1) is 0 Å². The zero-order chi connectivity index (χ0) is 28.7. The van der Waals surface area contributed by atoms with Gasteiger partial charge in [0, 0.05) is 16.5 Å². The van der Waals surface area contributed by atoms with E-state index in [-0.39, 0.29) is 0 Å². The number of benzene rings is 8. The Bertz CT molecular complexity index is 2440. The average molecular weight is 548 g/mol. The molecule has 1 aromatic heterocycles. The van der Waals surface area contributed by atoms with Gasteiger partial charge in [-0.2, -0.15) is 0 Å². The smallest absolute Gasteiger partial charge is 0.0541 e. The molecule has 1 heteroatoms. The predicted molar refractivity (Wildman–Crippen MR) is 185 cm³/mol. The summed E-state index contributed by atoms with van der Waals surface area (Å²) in [5, 5.41) is 10.6. The molecule has 1 heterocycles. The maximum Gasteiger partial charge on any atom is 0.0541 e. The molecule has 0 saturated heterocycles. The molecule has 43 heavy (non-hydrogen) atoms. The number of hydrogen-bond donors (Lipinski definition) is 0. The first-order valence-corrected chi connectivity index (χ1v) is 15.0. The number of para-hydroxylation sites is 2. The minimum atomic E-state index is 1.18. The van der Waals surface area contributed by atoms with E-state index in [1.54, 1.807) is 0 Å². The Morgan fingerprint density at radius 3 is 1.70 bits per heavy atom. The SMILES string of the molecule is Cc1ccc(-c2ccc3ccc4c(-c5ccc(-n6c7ccccc7c7ccccc76)cc5)cc(C)c5ccc2c3c54)cc1. The molecule has 0 aliphatic carbocycles. The van der Waals surface area contributed by atoms with E-state index in [4.69, 9.17) is 0 Å². The molecule has 8 aromatic carbocycles. The molecule has 0 atom stereocenters. The summed E-state index contributed by atoms with van der Waals surface area (Å²) in [5.74, 6) is 0. The van der Waals surface area contributed by atoms with Crippen LogP contribution in [-0.4, -0.2) is 4.57 Å². The molecule has 0 saturated carbocycles. The second kappa shape index (κ2) is 9.05. The minimum Gasteiger partial charge on any atom is -0.309 e. The third kappa shape index (κ3) is 3.52. The van der Waals surface area contributed by atoms with Gasteiger partial charge in [0.15, 0.2) is 0 Å². The van der Waals surface area contributed by atoms with Crippen molar-refractivity contribution >= 4 is 54.1 Å². The monoisotopic (exact) mass is 547 g/mol. The number of hydrogen-bond acceptors (Lipinski definition) is 0. The van der Waals surface area contributed by atoms with Gasteiger partial charge in [-0.1, -0.05) is 121 Å². The fourth-order valence-electron chi connectivity index (χ4n) is 7.29. The van der Waals surface area contributed by atoms with E-state index in [0.29, 0.717) is 0 Å². The number of nitrogens with zero attached hydrogens (tertiary/aromatic N) is 1. The first-order chi connectivity index (χ1) is 21.2. The fourth-order valence-corrected chi connectivity index (χ4v) is 7.29. The Labute approximate surface area is 250 Å². The van der Waals surface area contributed by atoms with Crippen LogP contribution in [0.5, 0.6) is 0 Å². The van der Waals surface area contributed by atoms with Crippen LogP contribution in [0.1, 0.15) is 11.1 Å². The maximum atomic E-state index is 2.39. The van der Waals surface area contributed by atoms with Gasteiger partial charge in [-0.05, 0) is 98.2 Å². The van der Waals surface area contributed by atoms with Gasteiger partial charge in [-0.3, -0.25) is 0 Å². The third-order valence-corrected chi connectivity index (χ3v) is 9.37. The van der Waals surface area contributed by atoms with Gasteiger partial charge in [0.2, 0.25) is 0 Å². The Hall–Kier alpha value is -5.40. The highest BCUT2D eigenvalue weighted by Gasteiger charge is 2.17. The Balaban J connectivity index is 1.25. The highest BCUT2D eigenvalue weighted by Crippen LogP contribution is 2.43. The lowest BCUT2D eigenvalue weighted by atomic mass is 9.85. The normalized spacial score (nSPS) is 12.0. The first-order valence-electron chi connectivity index (χ1n) is 15.0. The summed E-state index contributed by atoms with van der Waals surface area (Å²) >= 11 is 0. The summed E-state index contributed by atoms with van der Waals surface area (Å²) in [6.45, 7) is 4.40. The molecule has 9 rings (SSSR count). The highest BCUT2D eigenvalue weighted by molar-refractivity contribution is 6.28. The molecule has 0 aliphatic heterocycles. The molecule has 0 unspecified atom stereocenters. The molecule has 0 aliphatic rings. The van der Waals surface area contributed by atoms with Crippen LogP contribution in [0.25, 0.3) is 82.1 Å². The van der Waals surface area contributed by atoms with Crippen molar-refractivity contribution in [2.24, 2.45) is 0 Å². The molecule has 1 nitrogen and oxygen atoms in total. The van der Waals surface area contributed by atoms with Crippen molar-refractivity contribution in [3.63, 3.8) is 0 Å². The Morgan fingerprint density at radius 1 is 0.419 bits per heavy atom. The third-order valence-electron chi connectivity index (χ3n) is 9.37. The van der Waals surface area contributed by atoms with Gasteiger partial charge in [-0.25, -0.2) is 0 Å². The highest BCUT2D eigenvalue weighted by atomic mass is 15.0. The molecule has 0 bridgehead atoms. The topological polar surface area (TPSA) is 4.93 Å². The molecule has 202 valence electrons. The van der Waals surface area contributed by atoms with E-state index in [1.165, 1.54) is 93.2 Å². The van der Waals surface area contributed by atoms with Crippen LogP contribution < -0.4 is 0 Å². The van der Waals surface area contributed by atoms with E-state index < -0.39 is 0 Å².